The molecule has 1 aliphatic rings. The number of rotatable bonds is 4. The molecular weight excluding hydrogens is 286 g/mol. The van der Waals surface area contributed by atoms with Crippen molar-refractivity contribution in [1.29, 1.82) is 0 Å². The van der Waals surface area contributed by atoms with Gasteiger partial charge in [-0.1, -0.05) is 13.8 Å². The zero-order valence-corrected chi connectivity index (χ0v) is 12.9. The van der Waals surface area contributed by atoms with E-state index in [1.807, 2.05) is 6.07 Å². The minimum absolute atomic E-state index is 0.170. The second-order valence-electron chi connectivity index (χ2n) is 6.20. The van der Waals surface area contributed by atoms with Crippen LogP contribution >= 0.6 is 0 Å². The number of nitrogens with zero attached hydrogens (tertiary/aromatic N) is 2. The third-order valence-electron chi connectivity index (χ3n) is 3.89. The second kappa shape index (κ2) is 6.16. The summed E-state index contributed by atoms with van der Waals surface area (Å²) in [5, 5.41) is 0.518. The molecule has 1 aromatic carbocycles. The van der Waals surface area contributed by atoms with Gasteiger partial charge in [0.05, 0.1) is 6.10 Å². The van der Waals surface area contributed by atoms with Crippen LogP contribution in [0.15, 0.2) is 24.4 Å². The van der Waals surface area contributed by atoms with Crippen molar-refractivity contribution in [1.82, 2.24) is 4.98 Å². The third kappa shape index (κ3) is 3.04. The fourth-order valence-electron chi connectivity index (χ4n) is 2.85. The molecule has 2 aromatic rings. The summed E-state index contributed by atoms with van der Waals surface area (Å²) in [7, 11) is 0. The lowest BCUT2D eigenvalue weighted by molar-refractivity contribution is 0.0497. The molecule has 0 radical (unpaired) electrons. The maximum absolute atomic E-state index is 13.9. The van der Waals surface area contributed by atoms with Crippen LogP contribution < -0.4 is 4.90 Å². The van der Waals surface area contributed by atoms with Crippen LogP contribution in [0.25, 0.3) is 10.9 Å². The SMILES string of the molecule is CC(C)COC1CCN(c2ccnc3c(F)cc(F)cc23)C1. The minimum Gasteiger partial charge on any atom is -0.376 e. The van der Waals surface area contributed by atoms with E-state index in [1.54, 1.807) is 6.20 Å². The number of anilines is 1. The first-order valence-corrected chi connectivity index (χ1v) is 7.65. The van der Waals surface area contributed by atoms with Crippen LogP contribution in [0.1, 0.15) is 20.3 Å². The molecule has 0 N–H and O–H groups in total. The van der Waals surface area contributed by atoms with E-state index in [0.717, 1.165) is 37.9 Å². The van der Waals surface area contributed by atoms with Crippen LogP contribution in [-0.2, 0) is 4.74 Å². The Labute approximate surface area is 128 Å². The lowest BCUT2D eigenvalue weighted by atomic mass is 10.1. The molecule has 5 heteroatoms. The highest BCUT2D eigenvalue weighted by Gasteiger charge is 2.25. The molecule has 1 aromatic heterocycles. The maximum Gasteiger partial charge on any atom is 0.152 e. The Bertz CT molecular complexity index is 675. The van der Waals surface area contributed by atoms with Crippen molar-refractivity contribution in [2.75, 3.05) is 24.6 Å². The molecule has 22 heavy (non-hydrogen) atoms. The number of fused-ring (bicyclic) bond motifs is 1. The van der Waals surface area contributed by atoms with Crippen LogP contribution in [0.5, 0.6) is 0 Å². The van der Waals surface area contributed by atoms with Crippen LogP contribution in [-0.4, -0.2) is 30.8 Å². The minimum atomic E-state index is -0.622. The van der Waals surface area contributed by atoms with E-state index in [4.69, 9.17) is 4.74 Å². The van der Waals surface area contributed by atoms with Crippen LogP contribution in [0, 0.1) is 17.6 Å². The summed E-state index contributed by atoms with van der Waals surface area (Å²) in [5.41, 5.74) is 1.03. The van der Waals surface area contributed by atoms with Crippen molar-refractivity contribution in [3.05, 3.63) is 36.0 Å². The zero-order chi connectivity index (χ0) is 15.7. The largest absolute Gasteiger partial charge is 0.376 e. The van der Waals surface area contributed by atoms with Gasteiger partial charge in [0.1, 0.15) is 11.3 Å². The number of hydrogen-bond acceptors (Lipinski definition) is 3. The fourth-order valence-corrected chi connectivity index (χ4v) is 2.85. The van der Waals surface area contributed by atoms with Crippen molar-refractivity contribution in [2.45, 2.75) is 26.4 Å². The first-order chi connectivity index (χ1) is 10.5. The highest BCUT2D eigenvalue weighted by Crippen LogP contribution is 2.30. The predicted octanol–water partition coefficient (Wildman–Crippen LogP) is 3.76. The summed E-state index contributed by atoms with van der Waals surface area (Å²) in [4.78, 5) is 6.15. The van der Waals surface area contributed by atoms with Crippen LogP contribution in [0.2, 0.25) is 0 Å². The maximum atomic E-state index is 13.9. The smallest absolute Gasteiger partial charge is 0.152 e. The summed E-state index contributed by atoms with van der Waals surface area (Å²) in [6.45, 7) is 6.53. The fraction of sp³-hybridized carbons (Fsp3) is 0.471. The van der Waals surface area contributed by atoms with Gasteiger partial charge in [0.25, 0.3) is 0 Å². The number of ether oxygens (including phenoxy) is 1. The van der Waals surface area contributed by atoms with E-state index in [1.165, 1.54) is 6.07 Å². The van der Waals surface area contributed by atoms with Crippen molar-refractivity contribution < 1.29 is 13.5 Å². The molecule has 2 heterocycles. The Kier molecular flexibility index (Phi) is 4.25. The van der Waals surface area contributed by atoms with Gasteiger partial charge in [-0.05, 0) is 24.5 Å². The average Bonchev–Trinajstić information content (AvgIpc) is 2.93. The molecular formula is C17H20F2N2O. The predicted molar refractivity (Wildman–Crippen MR) is 83.1 cm³/mol. The summed E-state index contributed by atoms with van der Waals surface area (Å²) in [6.07, 6.45) is 2.67. The Morgan fingerprint density at radius 2 is 2.18 bits per heavy atom. The summed E-state index contributed by atoms with van der Waals surface area (Å²) >= 11 is 0. The third-order valence-corrected chi connectivity index (χ3v) is 3.89. The van der Waals surface area contributed by atoms with E-state index in [2.05, 4.69) is 23.7 Å². The Morgan fingerprint density at radius 1 is 1.36 bits per heavy atom. The Balaban J connectivity index is 1.85. The standard InChI is InChI=1S/C17H20F2N2O/c1-11(2)10-22-13-4-6-21(9-13)16-3-5-20-17-14(16)7-12(18)8-15(17)19/h3,5,7-8,11,13H,4,6,9-10H2,1-2H3. The van der Waals surface area contributed by atoms with Crippen LogP contribution in [0.4, 0.5) is 14.5 Å². The molecule has 0 saturated carbocycles. The summed E-state index contributed by atoms with van der Waals surface area (Å²) < 4.78 is 33.3. The van der Waals surface area contributed by atoms with E-state index in [-0.39, 0.29) is 11.6 Å². The van der Waals surface area contributed by atoms with Gasteiger partial charge in [0.2, 0.25) is 0 Å². The molecule has 1 aliphatic heterocycles. The van der Waals surface area contributed by atoms with E-state index < -0.39 is 11.6 Å². The lowest BCUT2D eigenvalue weighted by Crippen LogP contribution is -2.24. The Morgan fingerprint density at radius 3 is 2.95 bits per heavy atom. The molecule has 0 amide bonds. The topological polar surface area (TPSA) is 25.4 Å². The molecule has 118 valence electrons. The number of hydrogen-bond donors (Lipinski definition) is 0. The van der Waals surface area contributed by atoms with Crippen molar-refractivity contribution in [3.63, 3.8) is 0 Å². The molecule has 1 saturated heterocycles. The molecule has 0 spiro atoms. The molecule has 3 nitrogen and oxygen atoms in total. The lowest BCUT2D eigenvalue weighted by Gasteiger charge is -2.21. The molecule has 0 aliphatic carbocycles. The van der Waals surface area contributed by atoms with Crippen LogP contribution in [0.3, 0.4) is 0 Å². The Hall–Kier alpha value is -1.75. The number of benzene rings is 1. The van der Waals surface area contributed by atoms with Gasteiger partial charge in [-0.2, -0.15) is 0 Å². The number of aromatic nitrogens is 1. The molecule has 1 unspecified atom stereocenters. The van der Waals surface area contributed by atoms with E-state index in [0.29, 0.717) is 11.3 Å². The van der Waals surface area contributed by atoms with Gasteiger partial charge < -0.3 is 9.64 Å². The van der Waals surface area contributed by atoms with Gasteiger partial charge in [0.15, 0.2) is 5.82 Å². The average molecular weight is 306 g/mol. The highest BCUT2D eigenvalue weighted by atomic mass is 19.1. The second-order valence-corrected chi connectivity index (χ2v) is 6.20. The first kappa shape index (κ1) is 15.2. The number of pyridine rings is 1. The first-order valence-electron chi connectivity index (χ1n) is 7.65. The molecule has 1 fully saturated rings. The monoisotopic (exact) mass is 306 g/mol. The quantitative estimate of drug-likeness (QED) is 0.860. The highest BCUT2D eigenvalue weighted by molar-refractivity contribution is 5.92. The summed E-state index contributed by atoms with van der Waals surface area (Å²) in [6, 6.07) is 4.03. The van der Waals surface area contributed by atoms with Gasteiger partial charge >= 0.3 is 0 Å². The van der Waals surface area contributed by atoms with Crippen molar-refractivity contribution in [3.8, 4) is 0 Å². The number of halogens is 2. The van der Waals surface area contributed by atoms with Gasteiger partial charge in [-0.25, -0.2) is 8.78 Å². The normalized spacial score (nSPS) is 18.6. The van der Waals surface area contributed by atoms with E-state index >= 15 is 0 Å². The molecule has 3 rings (SSSR count). The van der Waals surface area contributed by atoms with Gasteiger partial charge in [-0.15, -0.1) is 0 Å². The molecule has 1 atom stereocenters. The molecule has 0 bridgehead atoms. The summed E-state index contributed by atoms with van der Waals surface area (Å²) in [5.74, 6) is -0.700. The van der Waals surface area contributed by atoms with E-state index in [9.17, 15) is 8.78 Å². The van der Waals surface area contributed by atoms with Crippen molar-refractivity contribution >= 4 is 16.6 Å². The zero-order valence-electron chi connectivity index (χ0n) is 12.9. The van der Waals surface area contributed by atoms with Gasteiger partial charge in [0, 0.05) is 43.0 Å². The van der Waals surface area contributed by atoms with Crippen molar-refractivity contribution in [2.24, 2.45) is 5.92 Å². The van der Waals surface area contributed by atoms with Gasteiger partial charge in [-0.3, -0.25) is 4.98 Å².